The summed E-state index contributed by atoms with van der Waals surface area (Å²) in [6, 6.07) is 12.1. The van der Waals surface area contributed by atoms with Crippen LogP contribution in [0.2, 0.25) is 0 Å². The Kier molecular flexibility index (Phi) is 5.54. The Hall–Kier alpha value is -0.820. The minimum absolute atomic E-state index is 0.662. The number of rotatable bonds is 6. The summed E-state index contributed by atoms with van der Waals surface area (Å²) in [5.74, 6) is 0. The van der Waals surface area contributed by atoms with E-state index in [1.165, 1.54) is 18.4 Å². The first-order valence-corrected chi connectivity index (χ1v) is 6.48. The molecular weight excluding hydrogens is 194 g/mol. The van der Waals surface area contributed by atoms with Gasteiger partial charge in [-0.15, -0.1) is 0 Å². The zero-order chi connectivity index (χ0) is 12.0. The molecule has 0 aromatic heterocycles. The zero-order valence-electron chi connectivity index (χ0n) is 11.1. The summed E-state index contributed by atoms with van der Waals surface area (Å²) in [7, 11) is 0. The maximum Gasteiger partial charge on any atom is 0.0239 e. The molecule has 0 aliphatic rings. The van der Waals surface area contributed by atoms with Crippen LogP contribution in [0.25, 0.3) is 0 Å². The lowest BCUT2D eigenvalue weighted by atomic mass is 10.1. The van der Waals surface area contributed by atoms with Gasteiger partial charge in [-0.05, 0) is 32.3 Å². The van der Waals surface area contributed by atoms with Gasteiger partial charge in [-0.25, -0.2) is 0 Å². The van der Waals surface area contributed by atoms with Crippen molar-refractivity contribution in [3.63, 3.8) is 0 Å². The van der Waals surface area contributed by atoms with Gasteiger partial charge < -0.3 is 0 Å². The van der Waals surface area contributed by atoms with Crippen LogP contribution in [-0.4, -0.2) is 17.0 Å². The van der Waals surface area contributed by atoms with Crippen LogP contribution < -0.4 is 0 Å². The van der Waals surface area contributed by atoms with Crippen LogP contribution >= 0.6 is 0 Å². The van der Waals surface area contributed by atoms with Crippen LogP contribution in [0, 0.1) is 0 Å². The normalized spacial score (nSPS) is 15.1. The summed E-state index contributed by atoms with van der Waals surface area (Å²) < 4.78 is 0. The summed E-state index contributed by atoms with van der Waals surface area (Å²) in [5.41, 5.74) is 1.42. The fourth-order valence-electron chi connectivity index (χ4n) is 2.01. The average Bonchev–Trinajstić information content (AvgIpc) is 2.35. The van der Waals surface area contributed by atoms with E-state index >= 15 is 0 Å². The van der Waals surface area contributed by atoms with Gasteiger partial charge in [0.2, 0.25) is 0 Å². The number of benzene rings is 1. The first-order chi connectivity index (χ1) is 7.69. The fraction of sp³-hybridized carbons (Fsp3) is 0.600. The first-order valence-electron chi connectivity index (χ1n) is 6.48. The highest BCUT2D eigenvalue weighted by Crippen LogP contribution is 2.15. The van der Waals surface area contributed by atoms with Crippen LogP contribution in [-0.2, 0) is 6.54 Å². The van der Waals surface area contributed by atoms with Gasteiger partial charge in [-0.2, -0.15) is 0 Å². The van der Waals surface area contributed by atoms with Crippen molar-refractivity contribution in [2.75, 3.05) is 0 Å². The number of hydrogen-bond donors (Lipinski definition) is 0. The third-order valence-corrected chi connectivity index (χ3v) is 3.52. The highest BCUT2D eigenvalue weighted by Gasteiger charge is 2.17. The molecule has 1 aromatic rings. The largest absolute Gasteiger partial charge is 0.294 e. The van der Waals surface area contributed by atoms with Crippen molar-refractivity contribution >= 4 is 0 Å². The summed E-state index contributed by atoms with van der Waals surface area (Å²) in [4.78, 5) is 2.61. The molecule has 1 aromatic carbocycles. The molecule has 90 valence electrons. The third-order valence-electron chi connectivity index (χ3n) is 3.52. The molecule has 0 aliphatic carbocycles. The summed E-state index contributed by atoms with van der Waals surface area (Å²) in [6.07, 6.45) is 2.44. The van der Waals surface area contributed by atoms with Crippen LogP contribution in [0.4, 0.5) is 0 Å². The van der Waals surface area contributed by atoms with Crippen molar-refractivity contribution in [3.8, 4) is 0 Å². The van der Waals surface area contributed by atoms with E-state index in [1.54, 1.807) is 0 Å². The Morgan fingerprint density at radius 1 is 0.938 bits per heavy atom. The van der Waals surface area contributed by atoms with Crippen molar-refractivity contribution in [2.45, 2.75) is 59.2 Å². The van der Waals surface area contributed by atoms with E-state index in [0.29, 0.717) is 12.1 Å². The van der Waals surface area contributed by atoms with Crippen LogP contribution in [0.5, 0.6) is 0 Å². The SMILES string of the molecule is CC[C@@H](C)N(Cc1ccccc1)[C@@H](C)CC. The van der Waals surface area contributed by atoms with Gasteiger partial charge in [-0.3, -0.25) is 4.90 Å². The molecule has 0 spiro atoms. The molecule has 0 unspecified atom stereocenters. The third kappa shape index (κ3) is 3.64. The standard InChI is InChI=1S/C15H25N/c1-5-13(3)16(14(4)6-2)12-15-10-8-7-9-11-15/h7-11,13-14H,5-6,12H2,1-4H3/t13-,14+. The van der Waals surface area contributed by atoms with Crippen molar-refractivity contribution in [1.82, 2.24) is 4.90 Å². The fourth-order valence-corrected chi connectivity index (χ4v) is 2.01. The molecule has 1 nitrogen and oxygen atoms in total. The maximum absolute atomic E-state index is 2.61. The van der Waals surface area contributed by atoms with E-state index in [-0.39, 0.29) is 0 Å². The van der Waals surface area contributed by atoms with Crippen LogP contribution in [0.1, 0.15) is 46.1 Å². The predicted molar refractivity (Wildman–Crippen MR) is 71.5 cm³/mol. The van der Waals surface area contributed by atoms with Crippen LogP contribution in [0.15, 0.2) is 30.3 Å². The average molecular weight is 219 g/mol. The van der Waals surface area contributed by atoms with E-state index in [9.17, 15) is 0 Å². The highest BCUT2D eigenvalue weighted by molar-refractivity contribution is 5.14. The van der Waals surface area contributed by atoms with E-state index < -0.39 is 0 Å². The molecule has 1 heteroatoms. The van der Waals surface area contributed by atoms with Gasteiger partial charge in [0.1, 0.15) is 0 Å². The number of nitrogens with zero attached hydrogens (tertiary/aromatic N) is 1. The van der Waals surface area contributed by atoms with Gasteiger partial charge in [0.05, 0.1) is 0 Å². The lowest BCUT2D eigenvalue weighted by Crippen LogP contribution is -2.39. The highest BCUT2D eigenvalue weighted by atomic mass is 15.2. The van der Waals surface area contributed by atoms with Crippen molar-refractivity contribution in [3.05, 3.63) is 35.9 Å². The molecule has 0 saturated heterocycles. The predicted octanol–water partition coefficient (Wildman–Crippen LogP) is 4.09. The lowest BCUT2D eigenvalue weighted by Gasteiger charge is -2.33. The monoisotopic (exact) mass is 219 g/mol. The molecule has 0 bridgehead atoms. The smallest absolute Gasteiger partial charge is 0.0239 e. The molecule has 16 heavy (non-hydrogen) atoms. The van der Waals surface area contributed by atoms with Gasteiger partial charge in [0.25, 0.3) is 0 Å². The maximum atomic E-state index is 2.61. The molecule has 0 saturated carbocycles. The quantitative estimate of drug-likeness (QED) is 0.696. The second kappa shape index (κ2) is 6.70. The summed E-state index contributed by atoms with van der Waals surface area (Å²) in [5, 5.41) is 0. The molecule has 0 heterocycles. The van der Waals surface area contributed by atoms with E-state index in [1.807, 2.05) is 0 Å². The van der Waals surface area contributed by atoms with Gasteiger partial charge >= 0.3 is 0 Å². The topological polar surface area (TPSA) is 3.24 Å². The van der Waals surface area contributed by atoms with Crippen molar-refractivity contribution < 1.29 is 0 Å². The summed E-state index contributed by atoms with van der Waals surface area (Å²) >= 11 is 0. The Labute approximate surface area is 100 Å². The zero-order valence-corrected chi connectivity index (χ0v) is 11.1. The van der Waals surface area contributed by atoms with Gasteiger partial charge in [0.15, 0.2) is 0 Å². The molecule has 0 N–H and O–H groups in total. The van der Waals surface area contributed by atoms with E-state index in [0.717, 1.165) is 6.54 Å². The molecule has 2 atom stereocenters. The molecular formula is C15H25N. The minimum atomic E-state index is 0.662. The van der Waals surface area contributed by atoms with Gasteiger partial charge in [0, 0.05) is 18.6 Å². The second-order valence-corrected chi connectivity index (χ2v) is 4.67. The van der Waals surface area contributed by atoms with Gasteiger partial charge in [-0.1, -0.05) is 44.2 Å². The van der Waals surface area contributed by atoms with Crippen molar-refractivity contribution in [1.29, 1.82) is 0 Å². The van der Waals surface area contributed by atoms with E-state index in [2.05, 4.69) is 62.9 Å². The molecule has 0 fully saturated rings. The van der Waals surface area contributed by atoms with Crippen LogP contribution in [0.3, 0.4) is 0 Å². The Bertz CT molecular complexity index is 271. The molecule has 0 amide bonds. The number of hydrogen-bond acceptors (Lipinski definition) is 1. The molecule has 0 aliphatic heterocycles. The summed E-state index contributed by atoms with van der Waals surface area (Å²) in [6.45, 7) is 10.3. The molecule has 1 rings (SSSR count). The minimum Gasteiger partial charge on any atom is -0.294 e. The Morgan fingerprint density at radius 2 is 1.44 bits per heavy atom. The Balaban J connectivity index is 2.71. The first kappa shape index (κ1) is 13.2. The lowest BCUT2D eigenvalue weighted by molar-refractivity contribution is 0.137. The second-order valence-electron chi connectivity index (χ2n) is 4.67. The molecule has 0 radical (unpaired) electrons. The van der Waals surface area contributed by atoms with Crippen molar-refractivity contribution in [2.24, 2.45) is 0 Å². The van der Waals surface area contributed by atoms with E-state index in [4.69, 9.17) is 0 Å². The Morgan fingerprint density at radius 3 is 1.88 bits per heavy atom.